The highest BCUT2D eigenvalue weighted by atomic mass is 35.5. The molecule has 0 saturated heterocycles. The number of aryl methyl sites for hydroxylation is 2. The first kappa shape index (κ1) is 30.0. The quantitative estimate of drug-likeness (QED) is 0.411. The van der Waals surface area contributed by atoms with Gasteiger partial charge in [0.2, 0.25) is 30.1 Å². The molecular formula is C19H24Cl2N4O8S4. The molecule has 4 rings (SSSR count). The number of nitrogens with zero attached hydrogens (tertiary/aromatic N) is 1. The number of alkyl halides is 1. The summed E-state index contributed by atoms with van der Waals surface area (Å²) in [6.07, 6.45) is 0.578. The number of nitrogens with one attached hydrogen (secondary N) is 1. The van der Waals surface area contributed by atoms with Crippen molar-refractivity contribution >= 4 is 68.8 Å². The Balaban J connectivity index is 0.000000208. The first-order valence-electron chi connectivity index (χ1n) is 10.4. The summed E-state index contributed by atoms with van der Waals surface area (Å²) in [5.74, 6) is 0.0802. The van der Waals surface area contributed by atoms with Gasteiger partial charge in [0.15, 0.2) is 9.84 Å². The van der Waals surface area contributed by atoms with E-state index in [2.05, 4.69) is 5.32 Å². The number of fused-ring (bicyclic) bond motifs is 2. The molecule has 0 saturated carbocycles. The maximum Gasteiger partial charge on any atom is 0.246 e. The van der Waals surface area contributed by atoms with Gasteiger partial charge in [-0.05, 0) is 49.1 Å². The van der Waals surface area contributed by atoms with E-state index in [1.165, 1.54) is 19.2 Å². The Labute approximate surface area is 226 Å². The van der Waals surface area contributed by atoms with Crippen LogP contribution in [0, 0.1) is 6.92 Å². The third-order valence-corrected chi connectivity index (χ3v) is 12.3. The van der Waals surface area contributed by atoms with Crippen molar-refractivity contribution in [2.24, 2.45) is 10.3 Å². The van der Waals surface area contributed by atoms with Crippen LogP contribution in [0.2, 0.25) is 5.02 Å². The molecule has 0 amide bonds. The van der Waals surface area contributed by atoms with Gasteiger partial charge in [0, 0.05) is 7.05 Å². The minimum absolute atomic E-state index is 0.0176. The highest BCUT2D eigenvalue weighted by Crippen LogP contribution is 2.36. The van der Waals surface area contributed by atoms with Gasteiger partial charge < -0.3 is 5.32 Å². The predicted octanol–water partition coefficient (Wildman–Crippen LogP) is 0.961. The lowest BCUT2D eigenvalue weighted by Gasteiger charge is -2.33. The minimum atomic E-state index is -4.12. The third kappa shape index (κ3) is 6.07. The fourth-order valence-electron chi connectivity index (χ4n) is 3.89. The lowest BCUT2D eigenvalue weighted by molar-refractivity contribution is 0.411. The molecule has 0 spiro atoms. The number of anilines is 1. The van der Waals surface area contributed by atoms with Gasteiger partial charge in [0.05, 0.1) is 32.1 Å². The van der Waals surface area contributed by atoms with E-state index < -0.39 is 51.0 Å². The summed E-state index contributed by atoms with van der Waals surface area (Å²) in [7, 11) is -13.9. The van der Waals surface area contributed by atoms with Gasteiger partial charge in [-0.3, -0.25) is 0 Å². The molecule has 0 fully saturated rings. The van der Waals surface area contributed by atoms with Crippen LogP contribution in [0.3, 0.4) is 0 Å². The fraction of sp³-hybridized carbons (Fsp3) is 0.368. The second-order valence-corrected chi connectivity index (χ2v) is 16.2. The normalized spacial score (nSPS) is 20.5. The topological polar surface area (TPSA) is 204 Å². The SMILES string of the molecule is CN1C(CCl)Nc2cc(Cl)c(S(N)(=O)=O)cc2S1(=O)=O.Cc1cc2c(cc1S(N)(=O)=O)S(=O)(=O)CCC2. The van der Waals surface area contributed by atoms with Crippen LogP contribution in [-0.2, 0) is 46.3 Å². The van der Waals surface area contributed by atoms with Crippen LogP contribution in [0.1, 0.15) is 17.5 Å². The minimum Gasteiger partial charge on any atom is -0.367 e. The molecule has 2 aliphatic rings. The van der Waals surface area contributed by atoms with Gasteiger partial charge in [-0.15, -0.1) is 11.6 Å². The number of halogens is 2. The molecule has 18 heteroatoms. The second-order valence-electron chi connectivity index (χ2n) is 8.35. The van der Waals surface area contributed by atoms with E-state index in [1.54, 1.807) is 13.0 Å². The van der Waals surface area contributed by atoms with Gasteiger partial charge >= 0.3 is 0 Å². The van der Waals surface area contributed by atoms with Crippen molar-refractivity contribution in [3.63, 3.8) is 0 Å². The molecule has 1 unspecified atom stereocenters. The van der Waals surface area contributed by atoms with E-state index in [0.717, 1.165) is 10.4 Å². The first-order chi connectivity index (χ1) is 16.8. The fourth-order valence-corrected chi connectivity index (χ4v) is 9.33. The molecule has 2 aromatic carbocycles. The molecule has 0 radical (unpaired) electrons. The summed E-state index contributed by atoms with van der Waals surface area (Å²) in [4.78, 5) is -0.657. The lowest BCUT2D eigenvalue weighted by atomic mass is 10.1. The Bertz CT molecular complexity index is 1690. The molecule has 0 aliphatic carbocycles. The number of hydrogen-bond donors (Lipinski definition) is 3. The number of sulfonamides is 3. The summed E-state index contributed by atoms with van der Waals surface area (Å²) >= 11 is 11.5. The summed E-state index contributed by atoms with van der Waals surface area (Å²) < 4.78 is 94.8. The summed E-state index contributed by atoms with van der Waals surface area (Å²) in [5.41, 5.74) is 1.36. The number of primary sulfonamides is 2. The molecular weight excluding hydrogens is 611 g/mol. The van der Waals surface area contributed by atoms with Crippen molar-refractivity contribution in [3.8, 4) is 0 Å². The smallest absolute Gasteiger partial charge is 0.246 e. The predicted molar refractivity (Wildman–Crippen MR) is 139 cm³/mol. The number of benzene rings is 2. The van der Waals surface area contributed by atoms with E-state index >= 15 is 0 Å². The average Bonchev–Trinajstić information content (AvgIpc) is 2.74. The molecule has 206 valence electrons. The first-order valence-corrected chi connectivity index (χ1v) is 17.5. The van der Waals surface area contributed by atoms with Crippen LogP contribution in [0.15, 0.2) is 43.8 Å². The Hall–Kier alpha value is -1.50. The van der Waals surface area contributed by atoms with E-state index in [9.17, 15) is 33.7 Å². The molecule has 2 aromatic rings. The maximum absolute atomic E-state index is 12.3. The summed E-state index contributed by atoms with van der Waals surface area (Å²) in [6, 6.07) is 4.94. The van der Waals surface area contributed by atoms with Crippen molar-refractivity contribution in [2.45, 2.75) is 45.5 Å². The molecule has 0 bridgehead atoms. The van der Waals surface area contributed by atoms with Gasteiger partial charge in [-0.1, -0.05) is 17.7 Å². The van der Waals surface area contributed by atoms with Crippen LogP contribution in [0.4, 0.5) is 5.69 Å². The molecule has 12 nitrogen and oxygen atoms in total. The van der Waals surface area contributed by atoms with Crippen LogP contribution >= 0.6 is 23.2 Å². The summed E-state index contributed by atoms with van der Waals surface area (Å²) in [6.45, 7) is 1.61. The highest BCUT2D eigenvalue weighted by molar-refractivity contribution is 7.92. The molecule has 5 N–H and O–H groups in total. The number of rotatable bonds is 3. The Morgan fingerprint density at radius 3 is 2.11 bits per heavy atom. The second kappa shape index (κ2) is 10.2. The standard InChI is InChI=1S/C10H13NO4S2.C9H11Cl2N3O4S2/c1-7-5-8-3-2-4-16(12,13)10(8)6-9(7)17(11,14)15;1-14-9(4-10)13-6-2-5(11)7(19(12,15)16)3-8(6)20(14,17)18/h5-6H,2-4H2,1H3,(H2,11,14,15);2-3,9,13H,4H2,1H3,(H2,12,15,16). The van der Waals surface area contributed by atoms with Crippen molar-refractivity contribution in [2.75, 3.05) is 24.0 Å². The molecule has 2 aliphatic heterocycles. The lowest BCUT2D eigenvalue weighted by Crippen LogP contribution is -2.47. The Kier molecular flexibility index (Phi) is 8.31. The zero-order valence-corrected chi connectivity index (χ0v) is 24.2. The zero-order chi connectivity index (χ0) is 28.1. The van der Waals surface area contributed by atoms with Gasteiger partial charge in [-0.25, -0.2) is 43.9 Å². The molecule has 0 aromatic heterocycles. The van der Waals surface area contributed by atoms with Gasteiger partial charge in [-0.2, -0.15) is 4.31 Å². The largest absolute Gasteiger partial charge is 0.367 e. The Morgan fingerprint density at radius 1 is 1.00 bits per heavy atom. The van der Waals surface area contributed by atoms with Crippen molar-refractivity contribution in [1.82, 2.24) is 4.31 Å². The van der Waals surface area contributed by atoms with Crippen molar-refractivity contribution in [1.29, 1.82) is 0 Å². The van der Waals surface area contributed by atoms with Crippen LogP contribution in [-0.4, -0.2) is 62.8 Å². The van der Waals surface area contributed by atoms with Crippen molar-refractivity contribution < 1.29 is 33.7 Å². The Morgan fingerprint density at radius 2 is 1.57 bits per heavy atom. The number of sulfone groups is 1. The van der Waals surface area contributed by atoms with Crippen LogP contribution < -0.4 is 15.6 Å². The number of hydrogen-bond acceptors (Lipinski definition) is 9. The van der Waals surface area contributed by atoms with Crippen molar-refractivity contribution in [3.05, 3.63) is 40.4 Å². The molecule has 1 atom stereocenters. The van der Waals surface area contributed by atoms with E-state index in [0.29, 0.717) is 24.0 Å². The van der Waals surface area contributed by atoms with Crippen LogP contribution in [0.25, 0.3) is 0 Å². The van der Waals surface area contributed by atoms with E-state index in [1.807, 2.05) is 0 Å². The highest BCUT2D eigenvalue weighted by Gasteiger charge is 2.36. The van der Waals surface area contributed by atoms with Gasteiger partial charge in [0.25, 0.3) is 0 Å². The third-order valence-electron chi connectivity index (χ3n) is 5.76. The average molecular weight is 636 g/mol. The molecule has 37 heavy (non-hydrogen) atoms. The maximum atomic E-state index is 12.3. The zero-order valence-electron chi connectivity index (χ0n) is 19.5. The van der Waals surface area contributed by atoms with E-state index in [4.69, 9.17) is 33.5 Å². The van der Waals surface area contributed by atoms with E-state index in [-0.39, 0.29) is 37.0 Å². The molecule has 2 heterocycles. The monoisotopic (exact) mass is 634 g/mol. The van der Waals surface area contributed by atoms with Gasteiger partial charge in [0.1, 0.15) is 16.0 Å². The number of nitrogens with two attached hydrogens (primary N) is 2. The summed E-state index contributed by atoms with van der Waals surface area (Å²) in [5, 5.41) is 12.8. The van der Waals surface area contributed by atoms with Crippen LogP contribution in [0.5, 0.6) is 0 Å².